The van der Waals surface area contributed by atoms with Crippen LogP contribution in [-0.4, -0.2) is 49.3 Å². The van der Waals surface area contributed by atoms with Gasteiger partial charge < -0.3 is 10.1 Å². The fourth-order valence-electron chi connectivity index (χ4n) is 2.58. The van der Waals surface area contributed by atoms with Crippen LogP contribution in [0.1, 0.15) is 24.9 Å². The van der Waals surface area contributed by atoms with Crippen molar-refractivity contribution in [1.29, 1.82) is 0 Å². The Balaban J connectivity index is 2.03. The molecule has 0 spiro atoms. The predicted octanol–water partition coefficient (Wildman–Crippen LogP) is 1.45. The molecule has 0 saturated carbocycles. The highest BCUT2D eigenvalue weighted by Crippen LogP contribution is 2.21. The van der Waals surface area contributed by atoms with Crippen molar-refractivity contribution in [3.63, 3.8) is 0 Å². The van der Waals surface area contributed by atoms with Crippen molar-refractivity contribution >= 4 is 0 Å². The zero-order valence-corrected chi connectivity index (χ0v) is 11.3. The fraction of sp³-hybridized carbons (Fsp3) is 0.643. The van der Waals surface area contributed by atoms with Gasteiger partial charge in [0.2, 0.25) is 0 Å². The normalized spacial score (nSPS) is 22.9. The summed E-state index contributed by atoms with van der Waals surface area (Å²) in [7, 11) is 1.99. The van der Waals surface area contributed by atoms with Gasteiger partial charge in [0.25, 0.3) is 0 Å². The Hall–Kier alpha value is -0.970. The Morgan fingerprint density at radius 3 is 3.17 bits per heavy atom. The number of likely N-dealkylation sites (N-methyl/N-ethyl adjacent to an activating group) is 1. The molecule has 0 amide bonds. The number of hydrogen-bond acceptors (Lipinski definition) is 4. The van der Waals surface area contributed by atoms with Gasteiger partial charge in [-0.1, -0.05) is 13.0 Å². The molecule has 18 heavy (non-hydrogen) atoms. The number of nitrogens with zero attached hydrogens (tertiary/aromatic N) is 2. The number of nitrogens with one attached hydrogen (secondary N) is 1. The van der Waals surface area contributed by atoms with Crippen molar-refractivity contribution < 1.29 is 4.74 Å². The zero-order valence-electron chi connectivity index (χ0n) is 11.3. The molecule has 0 bridgehead atoms. The third-order valence-corrected chi connectivity index (χ3v) is 3.44. The first-order valence-corrected chi connectivity index (χ1v) is 6.76. The molecule has 1 fully saturated rings. The third kappa shape index (κ3) is 3.28. The van der Waals surface area contributed by atoms with E-state index in [9.17, 15) is 0 Å². The first-order chi connectivity index (χ1) is 8.85. The van der Waals surface area contributed by atoms with Crippen molar-refractivity contribution in [1.82, 2.24) is 15.2 Å². The molecule has 4 nitrogen and oxygen atoms in total. The standard InChI is InChI=1S/C14H23N3O/c1-3-7-17-8-9-18-13(11-17)14(15-2)12-5-4-6-16-10-12/h4-6,10,13-15H,3,7-9,11H2,1-2H3. The molecule has 0 aromatic carbocycles. The van der Waals surface area contributed by atoms with Crippen LogP contribution in [-0.2, 0) is 4.74 Å². The summed E-state index contributed by atoms with van der Waals surface area (Å²) in [6.07, 6.45) is 5.13. The average Bonchev–Trinajstić information content (AvgIpc) is 2.42. The summed E-state index contributed by atoms with van der Waals surface area (Å²) in [6.45, 7) is 6.25. The highest BCUT2D eigenvalue weighted by Gasteiger charge is 2.27. The molecule has 2 rings (SSSR count). The molecular formula is C14H23N3O. The molecule has 2 unspecified atom stereocenters. The van der Waals surface area contributed by atoms with Crippen molar-refractivity contribution in [3.05, 3.63) is 30.1 Å². The Bertz CT molecular complexity index is 342. The molecule has 1 aromatic heterocycles. The van der Waals surface area contributed by atoms with Crippen LogP contribution in [0.5, 0.6) is 0 Å². The van der Waals surface area contributed by atoms with Crippen LogP contribution in [0.3, 0.4) is 0 Å². The molecule has 1 N–H and O–H groups in total. The summed E-state index contributed by atoms with van der Waals surface area (Å²) in [6, 6.07) is 4.31. The summed E-state index contributed by atoms with van der Waals surface area (Å²) in [4.78, 5) is 6.68. The summed E-state index contributed by atoms with van der Waals surface area (Å²) in [5.41, 5.74) is 1.20. The highest BCUT2D eigenvalue weighted by atomic mass is 16.5. The fourth-order valence-corrected chi connectivity index (χ4v) is 2.58. The van der Waals surface area contributed by atoms with Crippen molar-refractivity contribution in [2.45, 2.75) is 25.5 Å². The van der Waals surface area contributed by atoms with Crippen molar-refractivity contribution in [2.24, 2.45) is 0 Å². The lowest BCUT2D eigenvalue weighted by molar-refractivity contribution is -0.0459. The summed E-state index contributed by atoms with van der Waals surface area (Å²) in [5, 5.41) is 3.36. The van der Waals surface area contributed by atoms with E-state index < -0.39 is 0 Å². The van der Waals surface area contributed by atoms with Crippen LogP contribution in [0.15, 0.2) is 24.5 Å². The number of morpholine rings is 1. The molecule has 1 aromatic rings. The van der Waals surface area contributed by atoms with Gasteiger partial charge in [-0.3, -0.25) is 9.88 Å². The molecule has 100 valence electrons. The van der Waals surface area contributed by atoms with Crippen LogP contribution in [0.25, 0.3) is 0 Å². The summed E-state index contributed by atoms with van der Waals surface area (Å²) >= 11 is 0. The first kappa shape index (κ1) is 13.5. The molecule has 1 saturated heterocycles. The highest BCUT2D eigenvalue weighted by molar-refractivity contribution is 5.15. The van der Waals surface area contributed by atoms with Gasteiger partial charge in [-0.05, 0) is 31.6 Å². The monoisotopic (exact) mass is 249 g/mol. The van der Waals surface area contributed by atoms with Gasteiger partial charge >= 0.3 is 0 Å². The lowest BCUT2D eigenvalue weighted by Gasteiger charge is -2.36. The van der Waals surface area contributed by atoms with E-state index in [1.165, 1.54) is 12.0 Å². The number of hydrogen-bond donors (Lipinski definition) is 1. The van der Waals surface area contributed by atoms with Gasteiger partial charge in [0.1, 0.15) is 0 Å². The van der Waals surface area contributed by atoms with E-state index in [1.54, 1.807) is 6.20 Å². The largest absolute Gasteiger partial charge is 0.374 e. The maximum absolute atomic E-state index is 5.93. The topological polar surface area (TPSA) is 37.4 Å². The molecule has 0 radical (unpaired) electrons. The molecule has 4 heteroatoms. The second kappa shape index (κ2) is 6.83. The van der Waals surface area contributed by atoms with Gasteiger partial charge in [0.05, 0.1) is 18.8 Å². The van der Waals surface area contributed by atoms with E-state index >= 15 is 0 Å². The van der Waals surface area contributed by atoms with Crippen molar-refractivity contribution in [3.8, 4) is 0 Å². The maximum atomic E-state index is 5.93. The minimum atomic E-state index is 0.208. The minimum Gasteiger partial charge on any atom is -0.374 e. The average molecular weight is 249 g/mol. The predicted molar refractivity (Wildman–Crippen MR) is 72.5 cm³/mol. The van der Waals surface area contributed by atoms with E-state index in [0.29, 0.717) is 0 Å². The minimum absolute atomic E-state index is 0.208. The number of pyridine rings is 1. The maximum Gasteiger partial charge on any atom is 0.0897 e. The van der Waals surface area contributed by atoms with Gasteiger partial charge in [-0.25, -0.2) is 0 Å². The molecular weight excluding hydrogens is 226 g/mol. The first-order valence-electron chi connectivity index (χ1n) is 6.76. The lowest BCUT2D eigenvalue weighted by Crippen LogP contribution is -2.47. The number of aromatic nitrogens is 1. The lowest BCUT2D eigenvalue weighted by atomic mass is 10.0. The molecule has 2 atom stereocenters. The van der Waals surface area contributed by atoms with Crippen LogP contribution in [0, 0.1) is 0 Å². The Labute approximate surface area is 109 Å². The number of rotatable bonds is 5. The van der Waals surface area contributed by atoms with Gasteiger partial charge in [-0.2, -0.15) is 0 Å². The second-order valence-corrected chi connectivity index (χ2v) is 4.76. The van der Waals surface area contributed by atoms with E-state index in [4.69, 9.17) is 4.74 Å². The quantitative estimate of drug-likeness (QED) is 0.857. The van der Waals surface area contributed by atoms with Gasteiger partial charge in [0, 0.05) is 25.5 Å². The summed E-state index contributed by atoms with van der Waals surface area (Å²) in [5.74, 6) is 0. The van der Waals surface area contributed by atoms with E-state index in [-0.39, 0.29) is 12.1 Å². The van der Waals surface area contributed by atoms with Crippen LogP contribution >= 0.6 is 0 Å². The third-order valence-electron chi connectivity index (χ3n) is 3.44. The molecule has 2 heterocycles. The number of ether oxygens (including phenoxy) is 1. The second-order valence-electron chi connectivity index (χ2n) is 4.76. The molecule has 1 aliphatic rings. The Kier molecular flexibility index (Phi) is 5.11. The van der Waals surface area contributed by atoms with Crippen LogP contribution < -0.4 is 5.32 Å². The van der Waals surface area contributed by atoms with E-state index in [0.717, 1.165) is 26.2 Å². The van der Waals surface area contributed by atoms with Gasteiger partial charge in [-0.15, -0.1) is 0 Å². The Morgan fingerprint density at radius 1 is 1.61 bits per heavy atom. The van der Waals surface area contributed by atoms with Crippen LogP contribution in [0.4, 0.5) is 0 Å². The van der Waals surface area contributed by atoms with Crippen LogP contribution in [0.2, 0.25) is 0 Å². The van der Waals surface area contributed by atoms with E-state index in [1.807, 2.05) is 19.3 Å². The molecule has 1 aliphatic heterocycles. The smallest absolute Gasteiger partial charge is 0.0897 e. The Morgan fingerprint density at radius 2 is 2.50 bits per heavy atom. The zero-order chi connectivity index (χ0) is 12.8. The van der Waals surface area contributed by atoms with E-state index in [2.05, 4.69) is 28.2 Å². The van der Waals surface area contributed by atoms with Crippen molar-refractivity contribution in [2.75, 3.05) is 33.3 Å². The van der Waals surface area contributed by atoms with Gasteiger partial charge in [0.15, 0.2) is 0 Å². The summed E-state index contributed by atoms with van der Waals surface area (Å²) < 4.78 is 5.93. The molecule has 0 aliphatic carbocycles. The SMILES string of the molecule is CCCN1CCOC(C(NC)c2cccnc2)C1.